The largest absolute Gasteiger partial charge is 0.384 e. The van der Waals surface area contributed by atoms with Crippen molar-refractivity contribution in [1.29, 1.82) is 0 Å². The summed E-state index contributed by atoms with van der Waals surface area (Å²) in [4.78, 5) is 0.604. The number of nitrogens with one attached hydrogen (secondary N) is 2. The zero-order valence-electron chi connectivity index (χ0n) is 12.3. The lowest BCUT2D eigenvalue weighted by atomic mass is 10.2. The van der Waals surface area contributed by atoms with Crippen molar-refractivity contribution in [2.45, 2.75) is 23.6 Å². The summed E-state index contributed by atoms with van der Waals surface area (Å²) in [6, 6.07) is 13.8. The molecule has 0 amide bonds. The highest BCUT2D eigenvalue weighted by molar-refractivity contribution is 7.91. The lowest BCUT2D eigenvalue weighted by Gasteiger charge is -2.16. The third kappa shape index (κ3) is 3.19. The smallest absolute Gasteiger partial charge is 0.208 e. The van der Waals surface area contributed by atoms with Crippen molar-refractivity contribution in [1.82, 2.24) is 0 Å². The molecular formula is C16H20N2O2S. The van der Waals surface area contributed by atoms with Crippen molar-refractivity contribution in [2.24, 2.45) is 0 Å². The highest BCUT2D eigenvalue weighted by Gasteiger charge is 2.22. The first-order chi connectivity index (χ1) is 10.1. The van der Waals surface area contributed by atoms with Crippen LogP contribution >= 0.6 is 0 Å². The molecule has 5 heteroatoms. The molecule has 0 aliphatic heterocycles. The van der Waals surface area contributed by atoms with Gasteiger partial charge in [-0.2, -0.15) is 0 Å². The normalized spacial score (nSPS) is 11.1. The molecule has 2 aromatic carbocycles. The monoisotopic (exact) mass is 304 g/mol. The number of anilines is 2. The first-order valence-corrected chi connectivity index (χ1v) is 8.50. The van der Waals surface area contributed by atoms with E-state index in [0.717, 1.165) is 12.2 Å². The number of hydrogen-bond donors (Lipinski definition) is 2. The van der Waals surface area contributed by atoms with Gasteiger partial charge < -0.3 is 10.6 Å². The summed E-state index contributed by atoms with van der Waals surface area (Å²) < 4.78 is 25.6. The topological polar surface area (TPSA) is 58.2 Å². The van der Waals surface area contributed by atoms with Gasteiger partial charge in [-0.3, -0.25) is 0 Å². The van der Waals surface area contributed by atoms with E-state index in [2.05, 4.69) is 10.6 Å². The van der Waals surface area contributed by atoms with Gasteiger partial charge in [-0.25, -0.2) is 8.42 Å². The van der Waals surface area contributed by atoms with Crippen molar-refractivity contribution >= 4 is 21.2 Å². The van der Waals surface area contributed by atoms with Crippen LogP contribution < -0.4 is 10.6 Å². The van der Waals surface area contributed by atoms with Crippen LogP contribution in [0.3, 0.4) is 0 Å². The molecule has 0 unspecified atom stereocenters. The third-order valence-corrected chi connectivity index (χ3v) is 4.90. The van der Waals surface area contributed by atoms with Gasteiger partial charge in [-0.05, 0) is 38.1 Å². The minimum absolute atomic E-state index is 0.300. The molecule has 0 aromatic heterocycles. The third-order valence-electron chi connectivity index (χ3n) is 3.09. The minimum atomic E-state index is -3.54. The number of hydrogen-bond acceptors (Lipinski definition) is 4. The summed E-state index contributed by atoms with van der Waals surface area (Å²) in [6.07, 6.45) is 0. The van der Waals surface area contributed by atoms with Gasteiger partial charge in [0.1, 0.15) is 0 Å². The van der Waals surface area contributed by atoms with E-state index in [0.29, 0.717) is 22.0 Å². The molecule has 2 rings (SSSR count). The molecule has 112 valence electrons. The van der Waals surface area contributed by atoms with Gasteiger partial charge in [0.25, 0.3) is 0 Å². The average molecular weight is 304 g/mol. The lowest BCUT2D eigenvalue weighted by molar-refractivity contribution is 0.596. The Balaban J connectivity index is 2.60. The molecule has 0 aliphatic carbocycles. The molecule has 0 fully saturated rings. The van der Waals surface area contributed by atoms with E-state index >= 15 is 0 Å². The Morgan fingerprint density at radius 3 is 2.14 bits per heavy atom. The molecule has 2 N–H and O–H groups in total. The fourth-order valence-corrected chi connectivity index (χ4v) is 3.66. The molecule has 0 heterocycles. The fraction of sp³-hybridized carbons (Fsp3) is 0.250. The molecule has 0 spiro atoms. The van der Waals surface area contributed by atoms with Gasteiger partial charge in [0.15, 0.2) is 0 Å². The Morgan fingerprint density at radius 2 is 1.52 bits per heavy atom. The van der Waals surface area contributed by atoms with Crippen molar-refractivity contribution in [3.63, 3.8) is 0 Å². The van der Waals surface area contributed by atoms with Gasteiger partial charge in [-0.1, -0.05) is 24.3 Å². The Labute approximate surface area is 126 Å². The van der Waals surface area contributed by atoms with Crippen LogP contribution in [0.4, 0.5) is 11.4 Å². The number of benzene rings is 2. The Kier molecular flexibility index (Phi) is 4.85. The van der Waals surface area contributed by atoms with Crippen molar-refractivity contribution in [3.05, 3.63) is 48.5 Å². The molecule has 0 bridgehead atoms. The second-order valence-electron chi connectivity index (χ2n) is 4.56. The quantitative estimate of drug-likeness (QED) is 0.859. The van der Waals surface area contributed by atoms with Gasteiger partial charge in [0, 0.05) is 13.1 Å². The predicted octanol–water partition coefficient (Wildman–Crippen LogP) is 3.38. The van der Waals surface area contributed by atoms with E-state index in [1.54, 1.807) is 42.5 Å². The van der Waals surface area contributed by atoms with Crippen molar-refractivity contribution < 1.29 is 8.42 Å². The second-order valence-corrected chi connectivity index (χ2v) is 6.47. The first-order valence-electron chi connectivity index (χ1n) is 7.02. The lowest BCUT2D eigenvalue weighted by Crippen LogP contribution is -2.11. The Bertz CT molecular complexity index is 697. The molecule has 0 saturated carbocycles. The van der Waals surface area contributed by atoms with Crippen LogP contribution in [0, 0.1) is 0 Å². The molecule has 4 nitrogen and oxygen atoms in total. The highest BCUT2D eigenvalue weighted by Crippen LogP contribution is 2.33. The standard InChI is InChI=1S/C16H20N2O2S/c1-3-17-14-11-8-12-15(16(14)18-4-2)21(19,20)13-9-6-5-7-10-13/h5-12,17-18H,3-4H2,1-2H3. The van der Waals surface area contributed by atoms with E-state index in [9.17, 15) is 8.42 Å². The van der Waals surface area contributed by atoms with Crippen LogP contribution in [-0.4, -0.2) is 21.5 Å². The summed E-state index contributed by atoms with van der Waals surface area (Å²) in [5.74, 6) is 0. The van der Waals surface area contributed by atoms with Gasteiger partial charge in [0.2, 0.25) is 9.84 Å². The van der Waals surface area contributed by atoms with Crippen molar-refractivity contribution in [3.8, 4) is 0 Å². The molecular weight excluding hydrogens is 284 g/mol. The van der Waals surface area contributed by atoms with Crippen LogP contribution in [-0.2, 0) is 9.84 Å². The fourth-order valence-electron chi connectivity index (χ4n) is 2.18. The second kappa shape index (κ2) is 6.63. The van der Waals surface area contributed by atoms with Crippen LogP contribution in [0.15, 0.2) is 58.3 Å². The van der Waals surface area contributed by atoms with Crippen molar-refractivity contribution in [2.75, 3.05) is 23.7 Å². The highest BCUT2D eigenvalue weighted by atomic mass is 32.2. The zero-order valence-corrected chi connectivity index (χ0v) is 13.1. The van der Waals surface area contributed by atoms with Crippen LogP contribution in [0.25, 0.3) is 0 Å². The average Bonchev–Trinajstić information content (AvgIpc) is 2.50. The SMILES string of the molecule is CCNc1cccc(S(=O)(=O)c2ccccc2)c1NCC. The Morgan fingerprint density at radius 1 is 0.857 bits per heavy atom. The van der Waals surface area contributed by atoms with E-state index < -0.39 is 9.84 Å². The molecule has 0 radical (unpaired) electrons. The molecule has 0 aliphatic rings. The van der Waals surface area contributed by atoms with Crippen LogP contribution in [0.2, 0.25) is 0 Å². The van der Waals surface area contributed by atoms with E-state index in [4.69, 9.17) is 0 Å². The minimum Gasteiger partial charge on any atom is -0.384 e. The number of rotatable bonds is 6. The maximum atomic E-state index is 12.8. The molecule has 0 saturated heterocycles. The maximum absolute atomic E-state index is 12.8. The maximum Gasteiger partial charge on any atom is 0.208 e. The predicted molar refractivity (Wildman–Crippen MR) is 86.7 cm³/mol. The van der Waals surface area contributed by atoms with Gasteiger partial charge in [-0.15, -0.1) is 0 Å². The summed E-state index contributed by atoms with van der Waals surface area (Å²) in [7, 11) is -3.54. The van der Waals surface area contributed by atoms with Crippen LogP contribution in [0.1, 0.15) is 13.8 Å². The summed E-state index contributed by atoms with van der Waals surface area (Å²) in [5.41, 5.74) is 1.43. The van der Waals surface area contributed by atoms with Gasteiger partial charge in [0.05, 0.1) is 21.2 Å². The summed E-state index contributed by atoms with van der Waals surface area (Å²) >= 11 is 0. The number of para-hydroxylation sites is 1. The van der Waals surface area contributed by atoms with Gasteiger partial charge >= 0.3 is 0 Å². The van der Waals surface area contributed by atoms with E-state index in [-0.39, 0.29) is 0 Å². The summed E-state index contributed by atoms with van der Waals surface area (Å²) in [5, 5.41) is 6.36. The molecule has 2 aromatic rings. The van der Waals surface area contributed by atoms with Crippen LogP contribution in [0.5, 0.6) is 0 Å². The molecule has 21 heavy (non-hydrogen) atoms. The zero-order chi connectivity index (χ0) is 15.3. The number of sulfone groups is 1. The first kappa shape index (κ1) is 15.4. The molecule has 0 atom stereocenters. The summed E-state index contributed by atoms with van der Waals surface area (Å²) in [6.45, 7) is 5.31. The van der Waals surface area contributed by atoms with E-state index in [1.165, 1.54) is 0 Å². The Hall–Kier alpha value is -2.01. The van der Waals surface area contributed by atoms with E-state index in [1.807, 2.05) is 19.9 Å².